The second-order valence-electron chi connectivity index (χ2n) is 8.56. The zero-order valence-corrected chi connectivity index (χ0v) is 17.4. The Morgan fingerprint density at radius 1 is 1.29 bits per heavy atom. The van der Waals surface area contributed by atoms with Crippen molar-refractivity contribution >= 4 is 17.9 Å². The number of phenols is 1. The first-order chi connectivity index (χ1) is 14.6. The number of fused-ring (bicyclic) bond motifs is 2. The smallest absolute Gasteiger partial charge is 0.416 e. The molecule has 0 aromatic heterocycles. The number of hydrogen-bond acceptors (Lipinski definition) is 6. The predicted molar refractivity (Wildman–Crippen MR) is 108 cm³/mol. The van der Waals surface area contributed by atoms with Crippen LogP contribution in [0.2, 0.25) is 0 Å². The minimum Gasteiger partial charge on any atom is -0.508 e. The molecule has 0 unspecified atom stereocenters. The number of carbonyl (C=O) groups is 2. The van der Waals surface area contributed by atoms with Crippen LogP contribution in [-0.4, -0.2) is 41.0 Å². The van der Waals surface area contributed by atoms with Crippen molar-refractivity contribution in [2.45, 2.75) is 38.5 Å². The van der Waals surface area contributed by atoms with E-state index in [0.717, 1.165) is 0 Å². The van der Waals surface area contributed by atoms with Crippen molar-refractivity contribution in [1.29, 1.82) is 0 Å². The third kappa shape index (κ3) is 3.88. The van der Waals surface area contributed by atoms with E-state index >= 15 is 4.39 Å². The molecular formula is C22H23FN2O6. The molecule has 164 valence electrons. The van der Waals surface area contributed by atoms with Crippen LogP contribution in [0.4, 0.5) is 19.7 Å². The highest BCUT2D eigenvalue weighted by molar-refractivity contribution is 5.85. The lowest BCUT2D eigenvalue weighted by atomic mass is 9.84. The highest BCUT2D eigenvalue weighted by atomic mass is 19.1. The van der Waals surface area contributed by atoms with Crippen LogP contribution in [0.5, 0.6) is 11.5 Å². The molecule has 0 atom stereocenters. The zero-order valence-electron chi connectivity index (χ0n) is 17.4. The fourth-order valence-electron chi connectivity index (χ4n) is 3.65. The molecule has 2 amide bonds. The van der Waals surface area contributed by atoms with Gasteiger partial charge in [-0.15, -0.1) is 0 Å². The summed E-state index contributed by atoms with van der Waals surface area (Å²) < 4.78 is 31.1. The van der Waals surface area contributed by atoms with Gasteiger partial charge in [0.05, 0.1) is 25.4 Å². The van der Waals surface area contributed by atoms with E-state index in [9.17, 15) is 14.7 Å². The lowest BCUT2D eigenvalue weighted by molar-refractivity contribution is -0.143. The monoisotopic (exact) mass is 430 g/mol. The fourth-order valence-corrected chi connectivity index (χ4v) is 3.65. The van der Waals surface area contributed by atoms with Gasteiger partial charge in [-0.05, 0) is 39.0 Å². The Morgan fingerprint density at radius 2 is 2.03 bits per heavy atom. The van der Waals surface area contributed by atoms with Gasteiger partial charge in [0, 0.05) is 17.2 Å². The lowest BCUT2D eigenvalue weighted by Gasteiger charge is -2.51. The summed E-state index contributed by atoms with van der Waals surface area (Å²) in [6.07, 6.45) is -1.45. The standard InChI is InChI=1S/C22H23FN2O6/c1-21(2,3)31-19(27)24-16-6-4-5-13(18(16)23)10-25-20(28)30-17-9-14(26)7-8-15(17)22(25)11-29-12-22/h4-9,26H,10-12H2,1-3H3,(H,24,27). The van der Waals surface area contributed by atoms with E-state index in [1.807, 2.05) is 0 Å². The average Bonchev–Trinajstić information content (AvgIpc) is 2.62. The maximum absolute atomic E-state index is 15.2. The summed E-state index contributed by atoms with van der Waals surface area (Å²) in [6, 6.07) is 9.07. The number of halogens is 1. The molecule has 0 aliphatic carbocycles. The van der Waals surface area contributed by atoms with Gasteiger partial charge in [0.15, 0.2) is 5.82 Å². The molecule has 8 nitrogen and oxygen atoms in total. The number of nitrogens with one attached hydrogen (secondary N) is 1. The molecule has 0 saturated carbocycles. The van der Waals surface area contributed by atoms with E-state index in [0.29, 0.717) is 5.56 Å². The van der Waals surface area contributed by atoms with Crippen molar-refractivity contribution in [2.75, 3.05) is 18.5 Å². The molecule has 0 bridgehead atoms. The topological polar surface area (TPSA) is 97.3 Å². The molecule has 2 aromatic carbocycles. The number of aromatic hydroxyl groups is 1. The van der Waals surface area contributed by atoms with Gasteiger partial charge in [-0.25, -0.2) is 14.0 Å². The molecule has 1 spiro atoms. The molecule has 2 aromatic rings. The first kappa shape index (κ1) is 20.9. The Labute approximate surface area is 178 Å². The Bertz CT molecular complexity index is 1040. The molecular weight excluding hydrogens is 407 g/mol. The minimum atomic E-state index is -0.820. The van der Waals surface area contributed by atoms with Gasteiger partial charge in [-0.2, -0.15) is 0 Å². The molecule has 2 heterocycles. The van der Waals surface area contributed by atoms with Crippen LogP contribution < -0.4 is 10.1 Å². The van der Waals surface area contributed by atoms with Crippen molar-refractivity contribution in [2.24, 2.45) is 0 Å². The molecule has 2 N–H and O–H groups in total. The largest absolute Gasteiger partial charge is 0.508 e. The molecule has 1 saturated heterocycles. The average molecular weight is 430 g/mol. The second-order valence-corrected chi connectivity index (χ2v) is 8.56. The van der Waals surface area contributed by atoms with Gasteiger partial charge >= 0.3 is 12.2 Å². The van der Waals surface area contributed by atoms with Crippen LogP contribution in [0.15, 0.2) is 36.4 Å². The highest BCUT2D eigenvalue weighted by Crippen LogP contribution is 2.46. The number of ether oxygens (including phenoxy) is 3. The van der Waals surface area contributed by atoms with Gasteiger partial charge in [-0.1, -0.05) is 12.1 Å². The van der Waals surface area contributed by atoms with E-state index in [4.69, 9.17) is 14.2 Å². The number of phenolic OH excluding ortho intramolecular Hbond substituents is 1. The summed E-state index contributed by atoms with van der Waals surface area (Å²) in [5.74, 6) is -0.444. The summed E-state index contributed by atoms with van der Waals surface area (Å²) in [5.41, 5.74) is -0.729. The Balaban J connectivity index is 1.61. The summed E-state index contributed by atoms with van der Waals surface area (Å²) >= 11 is 0. The summed E-state index contributed by atoms with van der Waals surface area (Å²) in [6.45, 7) is 5.46. The third-order valence-corrected chi connectivity index (χ3v) is 5.13. The van der Waals surface area contributed by atoms with E-state index in [2.05, 4.69) is 5.32 Å². The van der Waals surface area contributed by atoms with Gasteiger partial charge < -0.3 is 19.3 Å². The Morgan fingerprint density at radius 3 is 2.68 bits per heavy atom. The maximum atomic E-state index is 15.2. The van der Waals surface area contributed by atoms with Crippen LogP contribution in [-0.2, 0) is 21.6 Å². The van der Waals surface area contributed by atoms with E-state index in [-0.39, 0.29) is 42.5 Å². The predicted octanol–water partition coefficient (Wildman–Crippen LogP) is 4.12. The van der Waals surface area contributed by atoms with Crippen molar-refractivity contribution in [1.82, 2.24) is 4.90 Å². The van der Waals surface area contributed by atoms with Crippen LogP contribution in [0.25, 0.3) is 0 Å². The molecule has 2 aliphatic heterocycles. The number of nitrogens with zero attached hydrogens (tertiary/aromatic N) is 1. The first-order valence-electron chi connectivity index (χ1n) is 9.77. The number of hydrogen-bond donors (Lipinski definition) is 2. The van der Waals surface area contributed by atoms with Crippen molar-refractivity contribution < 1.29 is 33.3 Å². The Kier molecular flexibility index (Phi) is 5.01. The van der Waals surface area contributed by atoms with Gasteiger partial charge in [0.25, 0.3) is 0 Å². The molecule has 9 heteroatoms. The summed E-state index contributed by atoms with van der Waals surface area (Å²) in [5, 5.41) is 12.1. The van der Waals surface area contributed by atoms with Crippen molar-refractivity contribution in [3.8, 4) is 11.5 Å². The van der Waals surface area contributed by atoms with E-state index < -0.39 is 29.1 Å². The van der Waals surface area contributed by atoms with Crippen LogP contribution >= 0.6 is 0 Å². The van der Waals surface area contributed by atoms with Gasteiger partial charge in [0.1, 0.15) is 22.6 Å². The molecule has 1 fully saturated rings. The van der Waals surface area contributed by atoms with Crippen molar-refractivity contribution in [3.63, 3.8) is 0 Å². The normalized spacial score (nSPS) is 16.9. The minimum absolute atomic E-state index is 0.0256. The SMILES string of the molecule is CC(C)(C)OC(=O)Nc1cccc(CN2C(=O)Oc3cc(O)ccc3C23COC3)c1F. The Hall–Kier alpha value is -3.33. The van der Waals surface area contributed by atoms with E-state index in [1.165, 1.54) is 29.2 Å². The van der Waals surface area contributed by atoms with Crippen LogP contribution in [0.1, 0.15) is 31.9 Å². The fraction of sp³-hybridized carbons (Fsp3) is 0.364. The number of benzene rings is 2. The zero-order chi connectivity index (χ0) is 22.4. The van der Waals surface area contributed by atoms with Gasteiger partial charge in [0.2, 0.25) is 0 Å². The molecule has 31 heavy (non-hydrogen) atoms. The lowest BCUT2D eigenvalue weighted by Crippen LogP contribution is -2.63. The molecule has 0 radical (unpaired) electrons. The van der Waals surface area contributed by atoms with E-state index in [1.54, 1.807) is 32.9 Å². The number of anilines is 1. The summed E-state index contributed by atoms with van der Waals surface area (Å²) in [4.78, 5) is 26.2. The number of amides is 2. The van der Waals surface area contributed by atoms with Crippen LogP contribution in [0.3, 0.4) is 0 Å². The second kappa shape index (κ2) is 7.42. The quantitative estimate of drug-likeness (QED) is 0.760. The molecule has 2 aliphatic rings. The van der Waals surface area contributed by atoms with Crippen molar-refractivity contribution in [3.05, 3.63) is 53.3 Å². The van der Waals surface area contributed by atoms with Crippen LogP contribution in [0, 0.1) is 5.82 Å². The maximum Gasteiger partial charge on any atom is 0.416 e. The molecule has 4 rings (SSSR count). The highest BCUT2D eigenvalue weighted by Gasteiger charge is 2.53. The van der Waals surface area contributed by atoms with Gasteiger partial charge in [-0.3, -0.25) is 10.2 Å². The first-order valence-corrected chi connectivity index (χ1v) is 9.77. The number of carbonyl (C=O) groups excluding carboxylic acids is 2. The number of rotatable bonds is 3. The third-order valence-electron chi connectivity index (χ3n) is 5.13. The summed E-state index contributed by atoms with van der Waals surface area (Å²) in [7, 11) is 0.